The molecule has 1 aromatic rings. The highest BCUT2D eigenvalue weighted by Crippen LogP contribution is 2.40. The molecule has 3 unspecified atom stereocenters. The van der Waals surface area contributed by atoms with E-state index in [1.807, 2.05) is 6.07 Å². The van der Waals surface area contributed by atoms with Gasteiger partial charge in [-0.2, -0.15) is 0 Å². The van der Waals surface area contributed by atoms with Gasteiger partial charge in [0.1, 0.15) is 5.75 Å². The molecule has 1 aliphatic heterocycles. The zero-order chi connectivity index (χ0) is 12.8. The van der Waals surface area contributed by atoms with Gasteiger partial charge < -0.3 is 14.8 Å². The van der Waals surface area contributed by atoms with Crippen LogP contribution in [0.3, 0.4) is 0 Å². The van der Waals surface area contributed by atoms with E-state index in [1.165, 1.54) is 11.1 Å². The van der Waals surface area contributed by atoms with Crippen molar-refractivity contribution in [3.05, 3.63) is 29.3 Å². The molecular formula is C15H21NO2. The van der Waals surface area contributed by atoms with Crippen LogP contribution in [0, 0.1) is 0 Å². The molecular weight excluding hydrogens is 226 g/mol. The number of ether oxygens (including phenoxy) is 2. The van der Waals surface area contributed by atoms with Crippen LogP contribution in [0.5, 0.6) is 5.75 Å². The van der Waals surface area contributed by atoms with Gasteiger partial charge in [-0.15, -0.1) is 0 Å². The lowest BCUT2D eigenvalue weighted by Crippen LogP contribution is -2.57. The molecule has 1 N–H and O–H groups in total. The Labute approximate surface area is 108 Å². The highest BCUT2D eigenvalue weighted by atomic mass is 16.5. The predicted octanol–water partition coefficient (Wildman–Crippen LogP) is 2.45. The maximum absolute atomic E-state index is 6.12. The van der Waals surface area contributed by atoms with Gasteiger partial charge in [0.25, 0.3) is 0 Å². The molecule has 0 saturated carbocycles. The van der Waals surface area contributed by atoms with Crippen LogP contribution < -0.4 is 10.1 Å². The lowest BCUT2D eigenvalue weighted by atomic mass is 9.94. The van der Waals surface area contributed by atoms with E-state index in [-0.39, 0.29) is 11.6 Å². The monoisotopic (exact) mass is 247 g/mol. The molecule has 1 fully saturated rings. The second kappa shape index (κ2) is 4.25. The van der Waals surface area contributed by atoms with Crippen LogP contribution in [0.15, 0.2) is 18.2 Å². The van der Waals surface area contributed by atoms with Crippen LogP contribution in [-0.2, 0) is 11.2 Å². The summed E-state index contributed by atoms with van der Waals surface area (Å²) in [4.78, 5) is 0. The molecule has 0 bridgehead atoms. The summed E-state index contributed by atoms with van der Waals surface area (Å²) in [6.45, 7) is 5.23. The number of fused-ring (bicyclic) bond motifs is 3. The van der Waals surface area contributed by atoms with Gasteiger partial charge in [0.15, 0.2) is 0 Å². The normalized spacial score (nSPS) is 33.9. The van der Waals surface area contributed by atoms with Crippen LogP contribution in [0.1, 0.15) is 37.5 Å². The summed E-state index contributed by atoms with van der Waals surface area (Å²) in [6, 6.07) is 6.73. The number of rotatable bonds is 2. The largest absolute Gasteiger partial charge is 0.497 e. The fraction of sp³-hybridized carbons (Fsp3) is 0.600. The molecule has 2 aliphatic rings. The summed E-state index contributed by atoms with van der Waals surface area (Å²) in [7, 11) is 1.71. The minimum absolute atomic E-state index is 0.118. The third-order valence-corrected chi connectivity index (χ3v) is 4.36. The summed E-state index contributed by atoms with van der Waals surface area (Å²) in [5, 5.41) is 3.76. The second-order valence-corrected chi connectivity index (χ2v) is 5.67. The first kappa shape index (κ1) is 12.0. The van der Waals surface area contributed by atoms with Crippen LogP contribution in [0.4, 0.5) is 0 Å². The Morgan fingerprint density at radius 2 is 2.33 bits per heavy atom. The lowest BCUT2D eigenvalue weighted by molar-refractivity contribution is -0.0533. The quantitative estimate of drug-likeness (QED) is 0.870. The second-order valence-electron chi connectivity index (χ2n) is 5.67. The van der Waals surface area contributed by atoms with Gasteiger partial charge in [0, 0.05) is 11.6 Å². The minimum Gasteiger partial charge on any atom is -0.497 e. The first-order valence-electron chi connectivity index (χ1n) is 6.71. The third-order valence-electron chi connectivity index (χ3n) is 4.36. The fourth-order valence-corrected chi connectivity index (χ4v) is 3.01. The van der Waals surface area contributed by atoms with Crippen molar-refractivity contribution in [2.24, 2.45) is 0 Å². The predicted molar refractivity (Wildman–Crippen MR) is 71.0 cm³/mol. The Hall–Kier alpha value is -1.06. The number of nitrogens with one attached hydrogen (secondary N) is 1. The molecule has 1 aliphatic carbocycles. The van der Waals surface area contributed by atoms with Gasteiger partial charge >= 0.3 is 0 Å². The zero-order valence-corrected chi connectivity index (χ0v) is 11.3. The topological polar surface area (TPSA) is 30.5 Å². The van der Waals surface area contributed by atoms with E-state index < -0.39 is 0 Å². The molecule has 0 aromatic heterocycles. The first-order chi connectivity index (χ1) is 8.65. The number of morpholine rings is 1. The van der Waals surface area contributed by atoms with Crippen LogP contribution in [0.2, 0.25) is 0 Å². The van der Waals surface area contributed by atoms with Gasteiger partial charge in [-0.05, 0) is 43.0 Å². The molecule has 3 rings (SSSR count). The average molecular weight is 247 g/mol. The Morgan fingerprint density at radius 3 is 3.06 bits per heavy atom. The third kappa shape index (κ3) is 1.82. The van der Waals surface area contributed by atoms with Crippen LogP contribution >= 0.6 is 0 Å². The summed E-state index contributed by atoms with van der Waals surface area (Å²) < 4.78 is 11.4. The van der Waals surface area contributed by atoms with Gasteiger partial charge in [-0.1, -0.05) is 13.0 Å². The molecule has 3 nitrogen and oxygen atoms in total. The van der Waals surface area contributed by atoms with Crippen molar-refractivity contribution in [2.45, 2.75) is 44.4 Å². The Morgan fingerprint density at radius 1 is 1.50 bits per heavy atom. The molecule has 1 saturated heterocycles. The highest BCUT2D eigenvalue weighted by Gasteiger charge is 2.42. The maximum Gasteiger partial charge on any atom is 0.119 e. The smallest absolute Gasteiger partial charge is 0.119 e. The zero-order valence-electron chi connectivity index (χ0n) is 11.3. The van der Waals surface area contributed by atoms with Crippen molar-refractivity contribution in [2.75, 3.05) is 13.7 Å². The fourth-order valence-electron chi connectivity index (χ4n) is 3.01. The van der Waals surface area contributed by atoms with E-state index in [0.29, 0.717) is 6.04 Å². The standard InChI is InChI=1S/C15H21NO2/c1-4-15(2)9-18-14-12-8-11(17-3)6-5-10(12)7-13(14)16-15/h5-6,8,13-14,16H,4,7,9H2,1-3H3. The van der Waals surface area contributed by atoms with E-state index in [2.05, 4.69) is 31.3 Å². The van der Waals surface area contributed by atoms with Gasteiger partial charge in [-0.3, -0.25) is 0 Å². The minimum atomic E-state index is 0.118. The first-order valence-corrected chi connectivity index (χ1v) is 6.71. The van der Waals surface area contributed by atoms with Gasteiger partial charge in [0.2, 0.25) is 0 Å². The molecule has 0 spiro atoms. The number of benzene rings is 1. The SMILES string of the molecule is CCC1(C)COC2c3cc(OC)ccc3CC2N1. The van der Waals surface area contributed by atoms with E-state index in [0.717, 1.165) is 25.2 Å². The number of hydrogen-bond donors (Lipinski definition) is 1. The van der Waals surface area contributed by atoms with Crippen molar-refractivity contribution in [1.82, 2.24) is 5.32 Å². The molecule has 3 heteroatoms. The molecule has 1 heterocycles. The van der Waals surface area contributed by atoms with E-state index in [4.69, 9.17) is 9.47 Å². The van der Waals surface area contributed by atoms with Crippen molar-refractivity contribution >= 4 is 0 Å². The molecule has 3 atom stereocenters. The molecule has 98 valence electrons. The number of methoxy groups -OCH3 is 1. The Kier molecular flexibility index (Phi) is 2.83. The summed E-state index contributed by atoms with van der Waals surface area (Å²) in [6.07, 6.45) is 2.34. The van der Waals surface area contributed by atoms with Crippen LogP contribution in [-0.4, -0.2) is 25.3 Å². The molecule has 0 radical (unpaired) electrons. The van der Waals surface area contributed by atoms with Crippen molar-refractivity contribution in [3.8, 4) is 5.75 Å². The highest BCUT2D eigenvalue weighted by molar-refractivity contribution is 5.42. The van der Waals surface area contributed by atoms with Gasteiger partial charge in [0.05, 0.1) is 19.8 Å². The van der Waals surface area contributed by atoms with E-state index in [9.17, 15) is 0 Å². The molecule has 0 amide bonds. The maximum atomic E-state index is 6.12. The summed E-state index contributed by atoms with van der Waals surface area (Å²) >= 11 is 0. The number of hydrogen-bond acceptors (Lipinski definition) is 3. The van der Waals surface area contributed by atoms with Crippen LogP contribution in [0.25, 0.3) is 0 Å². The Balaban J connectivity index is 1.88. The van der Waals surface area contributed by atoms with Crippen molar-refractivity contribution < 1.29 is 9.47 Å². The van der Waals surface area contributed by atoms with Crippen molar-refractivity contribution in [3.63, 3.8) is 0 Å². The van der Waals surface area contributed by atoms with Gasteiger partial charge in [-0.25, -0.2) is 0 Å². The summed E-state index contributed by atoms with van der Waals surface area (Å²) in [5.74, 6) is 0.918. The average Bonchev–Trinajstić information content (AvgIpc) is 2.74. The van der Waals surface area contributed by atoms with E-state index >= 15 is 0 Å². The Bertz CT molecular complexity index is 460. The lowest BCUT2D eigenvalue weighted by Gasteiger charge is -2.41. The molecule has 18 heavy (non-hydrogen) atoms. The van der Waals surface area contributed by atoms with Crippen molar-refractivity contribution in [1.29, 1.82) is 0 Å². The van der Waals surface area contributed by atoms with E-state index in [1.54, 1.807) is 7.11 Å². The molecule has 1 aromatic carbocycles. The summed E-state index contributed by atoms with van der Waals surface area (Å²) in [5.41, 5.74) is 2.80.